The van der Waals surface area contributed by atoms with Crippen LogP contribution in [0, 0.1) is 0 Å². The van der Waals surface area contributed by atoms with Gasteiger partial charge in [0.25, 0.3) is 0 Å². The predicted molar refractivity (Wildman–Crippen MR) is 54.1 cm³/mol. The van der Waals surface area contributed by atoms with Gasteiger partial charge in [0.1, 0.15) is 5.75 Å². The Morgan fingerprint density at radius 1 is 1.43 bits per heavy atom. The lowest BCUT2D eigenvalue weighted by molar-refractivity contribution is 0.357. The molecule has 0 saturated carbocycles. The van der Waals surface area contributed by atoms with Gasteiger partial charge in [-0.15, -0.1) is 0 Å². The highest BCUT2D eigenvalue weighted by Gasteiger charge is 2.18. The summed E-state index contributed by atoms with van der Waals surface area (Å²) >= 11 is 0. The molecule has 76 valence electrons. The van der Waals surface area contributed by atoms with E-state index in [0.29, 0.717) is 6.61 Å². The zero-order chi connectivity index (χ0) is 10.2. The van der Waals surface area contributed by atoms with Crippen LogP contribution in [0.3, 0.4) is 0 Å². The van der Waals surface area contributed by atoms with Gasteiger partial charge in [-0.05, 0) is 11.6 Å². The summed E-state index contributed by atoms with van der Waals surface area (Å²) in [5.41, 5.74) is 1.71. The molecular weight excluding hydrogens is 224 g/mol. The molecule has 5 heteroatoms. The van der Waals surface area contributed by atoms with E-state index >= 15 is 0 Å². The molecule has 3 nitrogen and oxygen atoms in total. The van der Waals surface area contributed by atoms with E-state index in [9.17, 15) is 8.42 Å². The van der Waals surface area contributed by atoms with E-state index in [4.69, 9.17) is 15.4 Å². The molecule has 1 heterocycles. The van der Waals surface area contributed by atoms with Crippen LogP contribution in [0.2, 0.25) is 0 Å². The molecular formula is C9H9ClO3S. The molecule has 0 radical (unpaired) electrons. The fourth-order valence-corrected chi connectivity index (χ4v) is 2.61. The molecule has 0 fully saturated rings. The molecule has 1 aromatic rings. The summed E-state index contributed by atoms with van der Waals surface area (Å²) in [6, 6.07) is 5.39. The van der Waals surface area contributed by atoms with Crippen molar-refractivity contribution in [2.45, 2.75) is 12.2 Å². The third-order valence-corrected chi connectivity index (χ3v) is 3.15. The van der Waals surface area contributed by atoms with Crippen LogP contribution in [-0.4, -0.2) is 15.0 Å². The van der Waals surface area contributed by atoms with Gasteiger partial charge < -0.3 is 4.74 Å². The van der Waals surface area contributed by atoms with Crippen LogP contribution in [0.4, 0.5) is 0 Å². The van der Waals surface area contributed by atoms with Crippen LogP contribution in [0.15, 0.2) is 18.2 Å². The van der Waals surface area contributed by atoms with Crippen molar-refractivity contribution in [3.05, 3.63) is 29.3 Å². The van der Waals surface area contributed by atoms with Gasteiger partial charge in [0.05, 0.1) is 12.4 Å². The summed E-state index contributed by atoms with van der Waals surface area (Å²) < 4.78 is 27.2. The van der Waals surface area contributed by atoms with E-state index in [1.165, 1.54) is 0 Å². The third kappa shape index (κ3) is 2.01. The molecule has 0 unspecified atom stereocenters. The Balaban J connectivity index is 2.40. The molecule has 1 aliphatic rings. The maximum Gasteiger partial charge on any atom is 0.236 e. The fraction of sp³-hybridized carbons (Fsp3) is 0.333. The number of ether oxygens (including phenoxy) is 1. The molecule has 0 bridgehead atoms. The Bertz CT molecular complexity index is 453. The summed E-state index contributed by atoms with van der Waals surface area (Å²) in [6.07, 6.45) is 0.762. The second kappa shape index (κ2) is 3.44. The highest BCUT2D eigenvalue weighted by molar-refractivity contribution is 8.13. The van der Waals surface area contributed by atoms with Crippen molar-refractivity contribution >= 4 is 19.7 Å². The number of fused-ring (bicyclic) bond motifs is 1. The van der Waals surface area contributed by atoms with Gasteiger partial charge in [0.15, 0.2) is 0 Å². The maximum absolute atomic E-state index is 10.9. The van der Waals surface area contributed by atoms with Crippen LogP contribution >= 0.6 is 10.7 Å². The van der Waals surface area contributed by atoms with E-state index < -0.39 is 9.05 Å². The maximum atomic E-state index is 10.9. The molecule has 2 rings (SSSR count). The molecule has 0 atom stereocenters. The molecule has 0 aromatic heterocycles. The first-order chi connectivity index (χ1) is 6.56. The van der Waals surface area contributed by atoms with E-state index in [1.807, 2.05) is 6.07 Å². The molecule has 0 amide bonds. The van der Waals surface area contributed by atoms with Crippen molar-refractivity contribution in [1.29, 1.82) is 0 Å². The number of benzene rings is 1. The third-order valence-electron chi connectivity index (χ3n) is 2.17. The Morgan fingerprint density at radius 2 is 2.21 bits per heavy atom. The second-order valence-electron chi connectivity index (χ2n) is 3.18. The largest absolute Gasteiger partial charge is 0.493 e. The van der Waals surface area contributed by atoms with E-state index in [2.05, 4.69) is 0 Å². The first-order valence-corrected chi connectivity index (χ1v) is 6.70. The van der Waals surface area contributed by atoms with Gasteiger partial charge in [-0.3, -0.25) is 0 Å². The summed E-state index contributed by atoms with van der Waals surface area (Å²) in [6.45, 7) is 0.620. The summed E-state index contributed by atoms with van der Waals surface area (Å²) in [7, 11) is 1.72. The Labute approximate surface area is 87.1 Å². The lowest BCUT2D eigenvalue weighted by Gasteiger charge is -2.04. The van der Waals surface area contributed by atoms with E-state index in [-0.39, 0.29) is 5.75 Å². The van der Waals surface area contributed by atoms with Crippen molar-refractivity contribution in [2.75, 3.05) is 6.61 Å². The van der Waals surface area contributed by atoms with Crippen LogP contribution in [0.25, 0.3) is 0 Å². The second-order valence-corrected chi connectivity index (χ2v) is 5.95. The lowest BCUT2D eigenvalue weighted by atomic mass is 10.1. The summed E-state index contributed by atoms with van der Waals surface area (Å²) in [5.74, 6) is 0.656. The van der Waals surface area contributed by atoms with Crippen molar-refractivity contribution in [3.63, 3.8) is 0 Å². The Kier molecular flexibility index (Phi) is 2.41. The van der Waals surface area contributed by atoms with E-state index in [1.54, 1.807) is 12.1 Å². The Hall–Kier alpha value is -0.740. The first-order valence-electron chi connectivity index (χ1n) is 4.22. The minimum absolute atomic E-state index is 0.124. The van der Waals surface area contributed by atoms with Crippen LogP contribution in [0.1, 0.15) is 11.1 Å². The number of rotatable bonds is 2. The van der Waals surface area contributed by atoms with Crippen molar-refractivity contribution in [2.24, 2.45) is 0 Å². The quantitative estimate of drug-likeness (QED) is 0.729. The molecule has 0 spiro atoms. The number of hydrogen-bond donors (Lipinski definition) is 0. The first kappa shape index (κ1) is 9.80. The van der Waals surface area contributed by atoms with Crippen molar-refractivity contribution in [1.82, 2.24) is 0 Å². The monoisotopic (exact) mass is 232 g/mol. The van der Waals surface area contributed by atoms with Crippen molar-refractivity contribution < 1.29 is 13.2 Å². The topological polar surface area (TPSA) is 43.4 Å². The van der Waals surface area contributed by atoms with Crippen molar-refractivity contribution in [3.8, 4) is 5.75 Å². The highest BCUT2D eigenvalue weighted by atomic mass is 35.7. The van der Waals surface area contributed by atoms with Gasteiger partial charge >= 0.3 is 0 Å². The van der Waals surface area contributed by atoms with Gasteiger partial charge in [0, 0.05) is 22.7 Å². The van der Waals surface area contributed by atoms with Gasteiger partial charge in [-0.1, -0.05) is 12.1 Å². The molecule has 1 aliphatic heterocycles. The molecule has 0 N–H and O–H groups in total. The molecule has 14 heavy (non-hydrogen) atoms. The molecule has 0 aliphatic carbocycles. The molecule has 1 aromatic carbocycles. The molecule has 0 saturated heterocycles. The smallest absolute Gasteiger partial charge is 0.236 e. The Morgan fingerprint density at radius 3 is 2.93 bits per heavy atom. The average Bonchev–Trinajstić information content (AvgIpc) is 2.49. The van der Waals surface area contributed by atoms with Crippen LogP contribution in [0.5, 0.6) is 5.75 Å². The predicted octanol–water partition coefficient (Wildman–Crippen LogP) is 1.69. The van der Waals surface area contributed by atoms with Crippen LogP contribution < -0.4 is 4.74 Å². The fourth-order valence-electron chi connectivity index (χ4n) is 1.61. The highest BCUT2D eigenvalue weighted by Crippen LogP contribution is 2.29. The average molecular weight is 233 g/mol. The van der Waals surface area contributed by atoms with Gasteiger partial charge in [-0.2, -0.15) is 0 Å². The standard InChI is InChI=1S/C9H9ClO3S/c10-14(11,12)6-7-2-1-3-9-8(7)4-5-13-9/h1-3H,4-6H2. The number of halogens is 1. The summed E-state index contributed by atoms with van der Waals surface area (Å²) in [4.78, 5) is 0. The van der Waals surface area contributed by atoms with E-state index in [0.717, 1.165) is 23.3 Å². The lowest BCUT2D eigenvalue weighted by Crippen LogP contribution is -1.98. The van der Waals surface area contributed by atoms with Crippen LogP contribution in [-0.2, 0) is 21.2 Å². The minimum Gasteiger partial charge on any atom is -0.493 e. The minimum atomic E-state index is -3.48. The summed E-state index contributed by atoms with van der Waals surface area (Å²) in [5, 5.41) is 0. The van der Waals surface area contributed by atoms with Gasteiger partial charge in [0.2, 0.25) is 9.05 Å². The normalized spacial score (nSPS) is 14.9. The zero-order valence-electron chi connectivity index (χ0n) is 7.36. The van der Waals surface area contributed by atoms with Gasteiger partial charge in [-0.25, -0.2) is 8.42 Å². The number of hydrogen-bond acceptors (Lipinski definition) is 3. The zero-order valence-corrected chi connectivity index (χ0v) is 8.94. The SMILES string of the molecule is O=S(=O)(Cl)Cc1cccc2c1CCO2.